The zero-order chi connectivity index (χ0) is 12.1. The third kappa shape index (κ3) is 8.85. The SMILES string of the molecule is CC(C)COC(C)C(C)OCC(C)(C)O. The van der Waals surface area contributed by atoms with Gasteiger partial charge in [-0.2, -0.15) is 0 Å². The second kappa shape index (κ2) is 6.46. The molecule has 3 heteroatoms. The van der Waals surface area contributed by atoms with Crippen LogP contribution in [0.5, 0.6) is 0 Å². The molecule has 0 aliphatic heterocycles. The van der Waals surface area contributed by atoms with Crippen molar-refractivity contribution in [2.75, 3.05) is 13.2 Å². The Morgan fingerprint density at radius 2 is 1.47 bits per heavy atom. The van der Waals surface area contributed by atoms with Gasteiger partial charge in [-0.15, -0.1) is 0 Å². The average Bonchev–Trinajstić information content (AvgIpc) is 2.08. The average molecular weight is 218 g/mol. The molecular weight excluding hydrogens is 192 g/mol. The van der Waals surface area contributed by atoms with Crippen molar-refractivity contribution in [1.82, 2.24) is 0 Å². The van der Waals surface area contributed by atoms with Crippen molar-refractivity contribution in [2.24, 2.45) is 5.92 Å². The molecule has 3 nitrogen and oxygen atoms in total. The van der Waals surface area contributed by atoms with Crippen LogP contribution in [0, 0.1) is 5.92 Å². The molecule has 0 radical (unpaired) electrons. The monoisotopic (exact) mass is 218 g/mol. The number of hydrogen-bond donors (Lipinski definition) is 1. The normalized spacial score (nSPS) is 16.8. The summed E-state index contributed by atoms with van der Waals surface area (Å²) < 4.78 is 11.1. The summed E-state index contributed by atoms with van der Waals surface area (Å²) in [6, 6.07) is 0. The van der Waals surface area contributed by atoms with Crippen LogP contribution in [0.1, 0.15) is 41.5 Å². The van der Waals surface area contributed by atoms with E-state index < -0.39 is 5.60 Å². The molecule has 0 saturated heterocycles. The summed E-state index contributed by atoms with van der Waals surface area (Å²) in [4.78, 5) is 0. The van der Waals surface area contributed by atoms with Gasteiger partial charge in [0.1, 0.15) is 0 Å². The van der Waals surface area contributed by atoms with E-state index in [1.807, 2.05) is 13.8 Å². The lowest BCUT2D eigenvalue weighted by atomic mass is 10.1. The van der Waals surface area contributed by atoms with Crippen LogP contribution in [0.3, 0.4) is 0 Å². The Bertz CT molecular complexity index is 161. The third-order valence-electron chi connectivity index (χ3n) is 2.05. The van der Waals surface area contributed by atoms with Crippen LogP contribution in [-0.2, 0) is 9.47 Å². The van der Waals surface area contributed by atoms with Crippen molar-refractivity contribution in [3.8, 4) is 0 Å². The van der Waals surface area contributed by atoms with E-state index in [9.17, 15) is 5.11 Å². The van der Waals surface area contributed by atoms with E-state index >= 15 is 0 Å². The molecule has 92 valence electrons. The molecule has 2 atom stereocenters. The Morgan fingerprint density at radius 3 is 1.87 bits per heavy atom. The summed E-state index contributed by atoms with van der Waals surface area (Å²) in [5.41, 5.74) is -0.772. The summed E-state index contributed by atoms with van der Waals surface area (Å²) in [5, 5.41) is 9.50. The molecule has 0 aliphatic rings. The second-order valence-electron chi connectivity index (χ2n) is 5.26. The molecule has 0 rings (SSSR count). The van der Waals surface area contributed by atoms with Crippen LogP contribution >= 0.6 is 0 Å². The molecule has 0 spiro atoms. The highest BCUT2D eigenvalue weighted by Crippen LogP contribution is 2.09. The van der Waals surface area contributed by atoms with Gasteiger partial charge in [0.05, 0.1) is 24.4 Å². The van der Waals surface area contributed by atoms with Crippen LogP contribution in [-0.4, -0.2) is 36.1 Å². The van der Waals surface area contributed by atoms with Crippen molar-refractivity contribution < 1.29 is 14.6 Å². The molecule has 15 heavy (non-hydrogen) atoms. The van der Waals surface area contributed by atoms with E-state index in [4.69, 9.17) is 9.47 Å². The van der Waals surface area contributed by atoms with Crippen molar-refractivity contribution in [2.45, 2.75) is 59.4 Å². The highest BCUT2D eigenvalue weighted by Gasteiger charge is 2.18. The lowest BCUT2D eigenvalue weighted by Gasteiger charge is -2.25. The van der Waals surface area contributed by atoms with Gasteiger partial charge in [0.2, 0.25) is 0 Å². The van der Waals surface area contributed by atoms with Crippen LogP contribution in [0.15, 0.2) is 0 Å². The predicted molar refractivity (Wildman–Crippen MR) is 62.0 cm³/mol. The Hall–Kier alpha value is -0.120. The smallest absolute Gasteiger partial charge is 0.0824 e. The number of rotatable bonds is 7. The highest BCUT2D eigenvalue weighted by atomic mass is 16.5. The number of ether oxygens (including phenoxy) is 2. The van der Waals surface area contributed by atoms with Crippen molar-refractivity contribution >= 4 is 0 Å². The Balaban J connectivity index is 3.74. The molecule has 0 aromatic heterocycles. The lowest BCUT2D eigenvalue weighted by Crippen LogP contribution is -2.34. The molecule has 0 heterocycles. The summed E-state index contributed by atoms with van der Waals surface area (Å²) in [7, 11) is 0. The highest BCUT2D eigenvalue weighted by molar-refractivity contribution is 4.67. The van der Waals surface area contributed by atoms with Gasteiger partial charge in [0.15, 0.2) is 0 Å². The van der Waals surface area contributed by atoms with Gasteiger partial charge in [-0.05, 0) is 33.6 Å². The van der Waals surface area contributed by atoms with Crippen molar-refractivity contribution in [1.29, 1.82) is 0 Å². The summed E-state index contributed by atoms with van der Waals surface area (Å²) in [6.07, 6.45) is 0.0740. The molecule has 2 unspecified atom stereocenters. The maximum atomic E-state index is 9.50. The topological polar surface area (TPSA) is 38.7 Å². The quantitative estimate of drug-likeness (QED) is 0.712. The Kier molecular flexibility index (Phi) is 6.41. The van der Waals surface area contributed by atoms with Gasteiger partial charge in [-0.1, -0.05) is 13.8 Å². The van der Waals surface area contributed by atoms with Crippen LogP contribution in [0.25, 0.3) is 0 Å². The summed E-state index contributed by atoms with van der Waals surface area (Å²) in [5.74, 6) is 0.536. The number of aliphatic hydroxyl groups is 1. The van der Waals surface area contributed by atoms with E-state index in [-0.39, 0.29) is 12.2 Å². The standard InChI is InChI=1S/C12H26O3/c1-9(2)7-14-10(3)11(4)15-8-12(5,6)13/h9-11,13H,7-8H2,1-6H3. The van der Waals surface area contributed by atoms with E-state index in [0.29, 0.717) is 12.5 Å². The predicted octanol–water partition coefficient (Wildman–Crippen LogP) is 2.22. The zero-order valence-electron chi connectivity index (χ0n) is 10.9. The molecule has 0 fully saturated rings. The van der Waals surface area contributed by atoms with Crippen LogP contribution < -0.4 is 0 Å². The summed E-state index contributed by atoms with van der Waals surface area (Å²) >= 11 is 0. The van der Waals surface area contributed by atoms with E-state index in [0.717, 1.165) is 6.61 Å². The Morgan fingerprint density at radius 1 is 1.00 bits per heavy atom. The minimum Gasteiger partial charge on any atom is -0.388 e. The second-order valence-corrected chi connectivity index (χ2v) is 5.26. The molecule has 0 saturated carbocycles. The fraction of sp³-hybridized carbons (Fsp3) is 1.00. The maximum Gasteiger partial charge on any atom is 0.0824 e. The first kappa shape index (κ1) is 14.9. The van der Waals surface area contributed by atoms with Gasteiger partial charge in [-0.25, -0.2) is 0 Å². The van der Waals surface area contributed by atoms with Gasteiger partial charge in [0.25, 0.3) is 0 Å². The van der Waals surface area contributed by atoms with Crippen LogP contribution in [0.4, 0.5) is 0 Å². The molecule has 0 bridgehead atoms. The van der Waals surface area contributed by atoms with Crippen molar-refractivity contribution in [3.05, 3.63) is 0 Å². The van der Waals surface area contributed by atoms with Gasteiger partial charge < -0.3 is 14.6 Å². The van der Waals surface area contributed by atoms with Gasteiger partial charge >= 0.3 is 0 Å². The molecule has 0 aliphatic carbocycles. The Labute approximate surface area is 93.8 Å². The fourth-order valence-electron chi connectivity index (χ4n) is 0.951. The maximum absolute atomic E-state index is 9.50. The first-order valence-electron chi connectivity index (χ1n) is 5.68. The first-order valence-corrected chi connectivity index (χ1v) is 5.68. The molecular formula is C12H26O3. The molecule has 1 N–H and O–H groups in total. The van der Waals surface area contributed by atoms with E-state index in [1.165, 1.54) is 0 Å². The summed E-state index contributed by atoms with van der Waals surface area (Å²) in [6.45, 7) is 12.8. The number of hydrogen-bond acceptors (Lipinski definition) is 3. The van der Waals surface area contributed by atoms with Gasteiger partial charge in [0, 0.05) is 6.61 Å². The third-order valence-corrected chi connectivity index (χ3v) is 2.05. The first-order chi connectivity index (χ1) is 6.72. The van der Waals surface area contributed by atoms with E-state index in [1.54, 1.807) is 13.8 Å². The molecule has 0 amide bonds. The fourth-order valence-corrected chi connectivity index (χ4v) is 0.951. The minimum atomic E-state index is -0.772. The minimum absolute atomic E-state index is 0.00942. The van der Waals surface area contributed by atoms with E-state index in [2.05, 4.69) is 13.8 Å². The molecule has 0 aromatic carbocycles. The molecule has 0 aromatic rings. The lowest BCUT2D eigenvalue weighted by molar-refractivity contribution is -0.101. The van der Waals surface area contributed by atoms with Crippen molar-refractivity contribution in [3.63, 3.8) is 0 Å². The zero-order valence-corrected chi connectivity index (χ0v) is 10.9. The largest absolute Gasteiger partial charge is 0.388 e. The van der Waals surface area contributed by atoms with Gasteiger partial charge in [-0.3, -0.25) is 0 Å². The van der Waals surface area contributed by atoms with Crippen LogP contribution in [0.2, 0.25) is 0 Å².